The summed E-state index contributed by atoms with van der Waals surface area (Å²) < 4.78 is 5.18. The zero-order valence-corrected chi connectivity index (χ0v) is 9.92. The molecule has 0 bridgehead atoms. The second-order valence-electron chi connectivity index (χ2n) is 4.75. The Morgan fingerprint density at radius 3 is 2.87 bits per heavy atom. The van der Waals surface area contributed by atoms with Crippen molar-refractivity contribution < 1.29 is 9.53 Å². The molecule has 1 fully saturated rings. The lowest BCUT2D eigenvalue weighted by atomic mass is 10.0. The van der Waals surface area contributed by atoms with Gasteiger partial charge in [-0.3, -0.25) is 4.79 Å². The molecule has 3 nitrogen and oxygen atoms in total. The lowest BCUT2D eigenvalue weighted by Crippen LogP contribution is -2.35. The summed E-state index contributed by atoms with van der Waals surface area (Å²) in [6.07, 6.45) is 5.31. The van der Waals surface area contributed by atoms with Gasteiger partial charge in [0.1, 0.15) is 0 Å². The van der Waals surface area contributed by atoms with Gasteiger partial charge in [0.15, 0.2) is 0 Å². The molecule has 0 aliphatic carbocycles. The molecule has 0 aromatic carbocycles. The molecule has 0 aromatic rings. The van der Waals surface area contributed by atoms with Gasteiger partial charge in [-0.15, -0.1) is 0 Å². The molecule has 0 saturated carbocycles. The normalized spacial score (nSPS) is 21.7. The molecular weight excluding hydrogens is 190 g/mol. The van der Waals surface area contributed by atoms with Crippen LogP contribution in [0.5, 0.6) is 0 Å². The van der Waals surface area contributed by atoms with E-state index >= 15 is 0 Å². The number of ether oxygens (including phenoxy) is 1. The highest BCUT2D eigenvalue weighted by Crippen LogP contribution is 2.10. The van der Waals surface area contributed by atoms with E-state index in [1.165, 1.54) is 19.3 Å². The summed E-state index contributed by atoms with van der Waals surface area (Å²) in [6, 6.07) is 0.561. The minimum Gasteiger partial charge on any atom is -0.466 e. The van der Waals surface area contributed by atoms with Crippen molar-refractivity contribution in [3.63, 3.8) is 0 Å². The quantitative estimate of drug-likeness (QED) is 0.711. The van der Waals surface area contributed by atoms with Crippen LogP contribution < -0.4 is 5.32 Å². The van der Waals surface area contributed by atoms with E-state index in [2.05, 4.69) is 5.32 Å². The Kier molecular flexibility index (Phi) is 5.69. The molecule has 0 spiro atoms. The first-order chi connectivity index (χ1) is 7.18. The summed E-state index contributed by atoms with van der Waals surface area (Å²) in [5.41, 5.74) is 0. The summed E-state index contributed by atoms with van der Waals surface area (Å²) in [5, 5.41) is 3.44. The van der Waals surface area contributed by atoms with Crippen molar-refractivity contribution in [2.75, 3.05) is 13.2 Å². The van der Waals surface area contributed by atoms with Gasteiger partial charge in [0.05, 0.1) is 6.61 Å². The molecule has 1 saturated heterocycles. The van der Waals surface area contributed by atoms with Crippen molar-refractivity contribution in [1.82, 2.24) is 5.32 Å². The van der Waals surface area contributed by atoms with Gasteiger partial charge < -0.3 is 10.1 Å². The molecule has 15 heavy (non-hydrogen) atoms. The van der Waals surface area contributed by atoms with Crippen molar-refractivity contribution in [3.05, 3.63) is 0 Å². The molecular formula is C12H23NO2. The molecule has 88 valence electrons. The maximum atomic E-state index is 11.3. The lowest BCUT2D eigenvalue weighted by Gasteiger charge is -2.23. The number of carbonyl (C=O) groups excluding carboxylic acids is 1. The molecule has 1 aliphatic rings. The van der Waals surface area contributed by atoms with E-state index in [-0.39, 0.29) is 5.97 Å². The third kappa shape index (κ3) is 5.78. The second kappa shape index (κ2) is 6.83. The number of piperidine rings is 1. The van der Waals surface area contributed by atoms with Crippen molar-refractivity contribution in [2.24, 2.45) is 5.92 Å². The maximum Gasteiger partial charge on any atom is 0.306 e. The van der Waals surface area contributed by atoms with Gasteiger partial charge in [-0.05, 0) is 31.7 Å². The van der Waals surface area contributed by atoms with E-state index in [1.807, 2.05) is 13.8 Å². The first-order valence-electron chi connectivity index (χ1n) is 6.07. The summed E-state index contributed by atoms with van der Waals surface area (Å²) in [6.45, 7) is 5.75. The minimum absolute atomic E-state index is 0.0548. The van der Waals surface area contributed by atoms with Gasteiger partial charge >= 0.3 is 5.97 Å². The summed E-state index contributed by atoms with van der Waals surface area (Å²) in [7, 11) is 0. The highest BCUT2D eigenvalue weighted by atomic mass is 16.5. The van der Waals surface area contributed by atoms with Crippen LogP contribution in [0.1, 0.15) is 46.0 Å². The Morgan fingerprint density at radius 2 is 2.27 bits per heavy atom. The number of nitrogens with one attached hydrogen (secondary N) is 1. The SMILES string of the molecule is CC(C)CC(=O)OCC[C@@H]1CCCCN1. The van der Waals surface area contributed by atoms with Crippen LogP contribution in [0.25, 0.3) is 0 Å². The third-order valence-corrected chi connectivity index (χ3v) is 2.72. The largest absolute Gasteiger partial charge is 0.466 e. The zero-order valence-electron chi connectivity index (χ0n) is 9.92. The second-order valence-corrected chi connectivity index (χ2v) is 4.75. The molecule has 1 N–H and O–H groups in total. The predicted octanol–water partition coefficient (Wildman–Crippen LogP) is 2.11. The van der Waals surface area contributed by atoms with Crippen molar-refractivity contribution in [1.29, 1.82) is 0 Å². The minimum atomic E-state index is -0.0548. The fraction of sp³-hybridized carbons (Fsp3) is 0.917. The van der Waals surface area contributed by atoms with E-state index in [1.54, 1.807) is 0 Å². The molecule has 1 atom stereocenters. The van der Waals surface area contributed by atoms with Crippen molar-refractivity contribution in [2.45, 2.75) is 52.0 Å². The third-order valence-electron chi connectivity index (χ3n) is 2.72. The average molecular weight is 213 g/mol. The van der Waals surface area contributed by atoms with E-state index in [0.29, 0.717) is 25.0 Å². The Balaban J connectivity index is 2.02. The van der Waals surface area contributed by atoms with Crippen LogP contribution in [-0.2, 0) is 9.53 Å². The van der Waals surface area contributed by atoms with E-state index in [0.717, 1.165) is 13.0 Å². The van der Waals surface area contributed by atoms with E-state index in [9.17, 15) is 4.79 Å². The Bertz CT molecular complexity index is 186. The Morgan fingerprint density at radius 1 is 1.47 bits per heavy atom. The number of hydrogen-bond acceptors (Lipinski definition) is 3. The van der Waals surface area contributed by atoms with E-state index in [4.69, 9.17) is 4.74 Å². The molecule has 0 radical (unpaired) electrons. The van der Waals surface area contributed by atoms with Crippen LogP contribution in [0.4, 0.5) is 0 Å². The number of esters is 1. The topological polar surface area (TPSA) is 38.3 Å². The highest BCUT2D eigenvalue weighted by Gasteiger charge is 2.13. The number of carbonyl (C=O) groups is 1. The zero-order chi connectivity index (χ0) is 11.1. The monoisotopic (exact) mass is 213 g/mol. The Labute approximate surface area is 92.6 Å². The van der Waals surface area contributed by atoms with Gasteiger partial charge in [-0.2, -0.15) is 0 Å². The average Bonchev–Trinajstić information content (AvgIpc) is 2.18. The molecule has 0 unspecified atom stereocenters. The predicted molar refractivity (Wildman–Crippen MR) is 60.7 cm³/mol. The first kappa shape index (κ1) is 12.5. The van der Waals surface area contributed by atoms with E-state index < -0.39 is 0 Å². The van der Waals surface area contributed by atoms with Gasteiger partial charge in [0.25, 0.3) is 0 Å². The number of rotatable bonds is 5. The molecule has 0 amide bonds. The van der Waals surface area contributed by atoms with Gasteiger partial charge in [0, 0.05) is 12.5 Å². The fourth-order valence-corrected chi connectivity index (χ4v) is 1.88. The van der Waals surface area contributed by atoms with Crippen molar-refractivity contribution in [3.8, 4) is 0 Å². The van der Waals surface area contributed by atoms with Crippen LogP contribution in [-0.4, -0.2) is 25.2 Å². The van der Waals surface area contributed by atoms with Crippen LogP contribution in [0.15, 0.2) is 0 Å². The smallest absolute Gasteiger partial charge is 0.306 e. The van der Waals surface area contributed by atoms with Gasteiger partial charge in [-0.1, -0.05) is 20.3 Å². The van der Waals surface area contributed by atoms with Crippen LogP contribution in [0.3, 0.4) is 0 Å². The van der Waals surface area contributed by atoms with Crippen LogP contribution in [0.2, 0.25) is 0 Å². The lowest BCUT2D eigenvalue weighted by molar-refractivity contribution is -0.144. The number of hydrogen-bond donors (Lipinski definition) is 1. The summed E-state index contributed by atoms with van der Waals surface area (Å²) in [4.78, 5) is 11.3. The van der Waals surface area contributed by atoms with Gasteiger partial charge in [-0.25, -0.2) is 0 Å². The molecule has 0 aromatic heterocycles. The molecule has 1 rings (SSSR count). The molecule has 1 heterocycles. The fourth-order valence-electron chi connectivity index (χ4n) is 1.88. The van der Waals surface area contributed by atoms with Crippen LogP contribution in [0, 0.1) is 5.92 Å². The van der Waals surface area contributed by atoms with Gasteiger partial charge in [0.2, 0.25) is 0 Å². The first-order valence-corrected chi connectivity index (χ1v) is 6.07. The van der Waals surface area contributed by atoms with Crippen LogP contribution >= 0.6 is 0 Å². The maximum absolute atomic E-state index is 11.3. The highest BCUT2D eigenvalue weighted by molar-refractivity contribution is 5.69. The summed E-state index contributed by atoms with van der Waals surface area (Å²) >= 11 is 0. The molecule has 1 aliphatic heterocycles. The molecule has 3 heteroatoms. The summed E-state index contributed by atoms with van der Waals surface area (Å²) in [5.74, 6) is 0.339. The van der Waals surface area contributed by atoms with Crippen molar-refractivity contribution >= 4 is 5.97 Å². The standard InChI is InChI=1S/C12H23NO2/c1-10(2)9-12(14)15-8-6-11-5-3-4-7-13-11/h10-11,13H,3-9H2,1-2H3/t11-/m0/s1. The Hall–Kier alpha value is -0.570.